The molecule has 4 amide bonds. The van der Waals surface area contributed by atoms with E-state index >= 15 is 0 Å². The number of anilines is 2. The first-order valence-corrected chi connectivity index (χ1v) is 11.5. The zero-order valence-electron chi connectivity index (χ0n) is 19.3. The van der Waals surface area contributed by atoms with E-state index < -0.39 is 23.4 Å². The van der Waals surface area contributed by atoms with Crippen LogP contribution in [0, 0.1) is 5.92 Å². The maximum atomic E-state index is 13.2. The summed E-state index contributed by atoms with van der Waals surface area (Å²) in [6.07, 6.45) is 2.35. The van der Waals surface area contributed by atoms with Gasteiger partial charge in [-0.1, -0.05) is 13.0 Å². The minimum atomic E-state index is -1.30. The molecule has 0 spiro atoms. The van der Waals surface area contributed by atoms with E-state index in [1.54, 1.807) is 25.1 Å². The van der Waals surface area contributed by atoms with Crippen molar-refractivity contribution < 1.29 is 23.9 Å². The largest absolute Gasteiger partial charge is 0.454 e. The molecule has 34 heavy (non-hydrogen) atoms. The molecule has 2 saturated heterocycles. The van der Waals surface area contributed by atoms with Crippen LogP contribution in [0.15, 0.2) is 42.5 Å². The molecular formula is C25H28N4O5. The highest BCUT2D eigenvalue weighted by Crippen LogP contribution is 2.37. The third-order valence-corrected chi connectivity index (χ3v) is 6.83. The van der Waals surface area contributed by atoms with Gasteiger partial charge in [-0.25, -0.2) is 4.79 Å². The number of piperidine rings is 1. The van der Waals surface area contributed by atoms with E-state index in [-0.39, 0.29) is 13.3 Å². The van der Waals surface area contributed by atoms with Crippen LogP contribution in [-0.2, 0) is 15.1 Å². The van der Waals surface area contributed by atoms with Gasteiger partial charge in [0.25, 0.3) is 5.91 Å². The number of carbonyl (C=O) groups is 3. The van der Waals surface area contributed by atoms with Gasteiger partial charge in [0.1, 0.15) is 12.1 Å². The van der Waals surface area contributed by atoms with E-state index in [0.29, 0.717) is 22.7 Å². The summed E-state index contributed by atoms with van der Waals surface area (Å²) in [5.41, 5.74) is 0.996. The Morgan fingerprint density at radius 3 is 2.53 bits per heavy atom. The Hall–Kier alpha value is -3.75. The van der Waals surface area contributed by atoms with Crippen LogP contribution < -0.4 is 25.0 Å². The molecule has 3 aliphatic heterocycles. The van der Waals surface area contributed by atoms with Crippen molar-refractivity contribution in [2.75, 3.05) is 36.6 Å². The minimum Gasteiger partial charge on any atom is -0.454 e. The number of carbonyl (C=O) groups excluding carboxylic acids is 3. The van der Waals surface area contributed by atoms with E-state index in [1.807, 2.05) is 24.3 Å². The Morgan fingerprint density at radius 2 is 1.79 bits per heavy atom. The average Bonchev–Trinajstić information content (AvgIpc) is 3.38. The lowest BCUT2D eigenvalue weighted by atomic mass is 9.91. The molecule has 0 bridgehead atoms. The van der Waals surface area contributed by atoms with Gasteiger partial charge in [-0.05, 0) is 67.6 Å². The Morgan fingerprint density at radius 1 is 1.09 bits per heavy atom. The highest BCUT2D eigenvalue weighted by Gasteiger charge is 2.49. The van der Waals surface area contributed by atoms with Crippen LogP contribution in [0.4, 0.5) is 16.2 Å². The lowest BCUT2D eigenvalue weighted by molar-refractivity contribution is -0.133. The summed E-state index contributed by atoms with van der Waals surface area (Å²) in [7, 11) is 0. The van der Waals surface area contributed by atoms with Crippen molar-refractivity contribution in [2.24, 2.45) is 5.92 Å². The third kappa shape index (κ3) is 4.02. The molecule has 0 radical (unpaired) electrons. The summed E-state index contributed by atoms with van der Waals surface area (Å²) in [6.45, 7) is 5.68. The lowest BCUT2D eigenvalue weighted by Crippen LogP contribution is -2.42. The van der Waals surface area contributed by atoms with E-state index in [9.17, 15) is 14.4 Å². The van der Waals surface area contributed by atoms with Crippen LogP contribution in [0.2, 0.25) is 0 Å². The quantitative estimate of drug-likeness (QED) is 0.660. The Kier molecular flexibility index (Phi) is 5.55. The van der Waals surface area contributed by atoms with Crippen molar-refractivity contribution in [2.45, 2.75) is 32.2 Å². The fourth-order valence-electron chi connectivity index (χ4n) is 4.61. The molecule has 0 aromatic heterocycles. The molecule has 2 fully saturated rings. The van der Waals surface area contributed by atoms with Crippen molar-refractivity contribution in [1.29, 1.82) is 0 Å². The first-order valence-electron chi connectivity index (χ1n) is 11.5. The molecule has 3 aliphatic rings. The molecule has 1 atom stereocenters. The molecule has 0 unspecified atom stereocenters. The number of nitrogens with one attached hydrogen (secondary N) is 2. The number of ether oxygens (including phenoxy) is 2. The second-order valence-electron chi connectivity index (χ2n) is 9.28. The van der Waals surface area contributed by atoms with Crippen molar-refractivity contribution in [1.82, 2.24) is 10.2 Å². The van der Waals surface area contributed by atoms with Gasteiger partial charge in [-0.3, -0.25) is 14.5 Å². The van der Waals surface area contributed by atoms with Crippen LogP contribution in [0.1, 0.15) is 32.3 Å². The molecule has 2 N–H and O–H groups in total. The van der Waals surface area contributed by atoms with Gasteiger partial charge >= 0.3 is 6.03 Å². The number of hydrogen-bond donors (Lipinski definition) is 2. The highest BCUT2D eigenvalue weighted by molar-refractivity contribution is 6.10. The highest BCUT2D eigenvalue weighted by atomic mass is 16.7. The summed E-state index contributed by atoms with van der Waals surface area (Å²) in [5, 5.41) is 5.49. The van der Waals surface area contributed by atoms with E-state index in [0.717, 1.165) is 29.6 Å². The number of hydrogen-bond acceptors (Lipinski definition) is 6. The molecule has 3 heterocycles. The maximum Gasteiger partial charge on any atom is 0.325 e. The molecule has 9 nitrogen and oxygen atoms in total. The Labute approximate surface area is 198 Å². The molecule has 2 aromatic rings. The van der Waals surface area contributed by atoms with Crippen LogP contribution in [0.5, 0.6) is 11.5 Å². The number of urea groups is 1. The zero-order chi connectivity index (χ0) is 23.9. The Balaban J connectivity index is 1.22. The summed E-state index contributed by atoms with van der Waals surface area (Å²) < 4.78 is 10.7. The predicted octanol–water partition coefficient (Wildman–Crippen LogP) is 3.06. The predicted molar refractivity (Wildman–Crippen MR) is 126 cm³/mol. The third-order valence-electron chi connectivity index (χ3n) is 6.83. The number of benzene rings is 2. The SMILES string of the molecule is CC1CCN(c2ccc(NC(=O)CN3C(=O)N[C@](C)(c4ccc5c(c4)OCO5)C3=O)cc2)CC1. The number of imide groups is 1. The number of fused-ring (bicyclic) bond motifs is 1. The molecular weight excluding hydrogens is 436 g/mol. The van der Waals surface area contributed by atoms with Crippen molar-refractivity contribution in [3.05, 3.63) is 48.0 Å². The second kappa shape index (κ2) is 8.55. The lowest BCUT2D eigenvalue weighted by Gasteiger charge is -2.32. The minimum absolute atomic E-state index is 0.111. The van der Waals surface area contributed by atoms with Gasteiger partial charge in [0, 0.05) is 24.5 Å². The normalized spacial score (nSPS) is 22.2. The van der Waals surface area contributed by atoms with Crippen molar-refractivity contribution >= 4 is 29.2 Å². The molecule has 0 aliphatic carbocycles. The topological polar surface area (TPSA) is 100 Å². The van der Waals surface area contributed by atoms with E-state index in [2.05, 4.69) is 22.5 Å². The number of nitrogens with zero attached hydrogens (tertiary/aromatic N) is 2. The van der Waals surface area contributed by atoms with Gasteiger partial charge in [-0.2, -0.15) is 0 Å². The van der Waals surface area contributed by atoms with Gasteiger partial charge in [-0.15, -0.1) is 0 Å². The average molecular weight is 465 g/mol. The molecule has 0 saturated carbocycles. The Bertz CT molecular complexity index is 1130. The van der Waals surface area contributed by atoms with E-state index in [1.165, 1.54) is 12.8 Å². The first-order chi connectivity index (χ1) is 16.3. The summed E-state index contributed by atoms with van der Waals surface area (Å²) >= 11 is 0. The van der Waals surface area contributed by atoms with Crippen molar-refractivity contribution in [3.8, 4) is 11.5 Å². The summed E-state index contributed by atoms with van der Waals surface area (Å²) in [4.78, 5) is 41.7. The van der Waals surface area contributed by atoms with Gasteiger partial charge < -0.3 is 25.0 Å². The first kappa shape index (κ1) is 22.1. The monoisotopic (exact) mass is 464 g/mol. The van der Waals surface area contributed by atoms with Crippen LogP contribution in [-0.4, -0.2) is 49.2 Å². The van der Waals surface area contributed by atoms with Gasteiger partial charge in [0.05, 0.1) is 0 Å². The van der Waals surface area contributed by atoms with Crippen molar-refractivity contribution in [3.63, 3.8) is 0 Å². The van der Waals surface area contributed by atoms with Crippen LogP contribution >= 0.6 is 0 Å². The zero-order valence-corrected chi connectivity index (χ0v) is 19.3. The fraction of sp³-hybridized carbons (Fsp3) is 0.400. The maximum absolute atomic E-state index is 13.2. The molecule has 2 aromatic carbocycles. The van der Waals surface area contributed by atoms with Crippen LogP contribution in [0.3, 0.4) is 0 Å². The smallest absolute Gasteiger partial charge is 0.325 e. The summed E-state index contributed by atoms with van der Waals surface area (Å²) in [6, 6.07) is 12.1. The number of amides is 4. The van der Waals surface area contributed by atoms with Gasteiger partial charge in [0.2, 0.25) is 12.7 Å². The number of rotatable bonds is 5. The van der Waals surface area contributed by atoms with Crippen LogP contribution in [0.25, 0.3) is 0 Å². The van der Waals surface area contributed by atoms with Gasteiger partial charge in [0.15, 0.2) is 11.5 Å². The summed E-state index contributed by atoms with van der Waals surface area (Å²) in [5.74, 6) is 0.909. The fourth-order valence-corrected chi connectivity index (χ4v) is 4.61. The second-order valence-corrected chi connectivity index (χ2v) is 9.28. The molecule has 9 heteroatoms. The van der Waals surface area contributed by atoms with E-state index in [4.69, 9.17) is 9.47 Å². The molecule has 5 rings (SSSR count). The molecule has 178 valence electrons. The standard InChI is InChI=1S/C25H28N4O5/c1-16-9-11-28(12-10-16)19-6-4-18(5-7-19)26-22(30)14-29-23(31)25(2,27-24(29)32)17-3-8-20-21(13-17)34-15-33-20/h3-8,13,16H,9-12,14-15H2,1-2H3,(H,26,30)(H,27,32)/t25-/m1/s1.